The van der Waals surface area contributed by atoms with Crippen molar-refractivity contribution in [2.24, 2.45) is 0 Å². The third kappa shape index (κ3) is 3.00. The molecule has 0 aliphatic carbocycles. The molecule has 100 valence electrons. The first kappa shape index (κ1) is 14.6. The fourth-order valence-electron chi connectivity index (χ4n) is 1.62. The third-order valence-electron chi connectivity index (χ3n) is 2.57. The first-order valence-electron chi connectivity index (χ1n) is 5.51. The average molecular weight is 351 g/mol. The molecule has 2 aromatic carbocycles. The summed E-state index contributed by atoms with van der Waals surface area (Å²) in [5.74, 6) is -1.12. The van der Waals surface area contributed by atoms with Crippen LogP contribution in [0.25, 0.3) is 0 Å². The highest BCUT2D eigenvalue weighted by Gasteiger charge is 2.14. The Bertz CT molecular complexity index is 728. The maximum absolute atomic E-state index is 13.5. The first-order valence-corrected chi connectivity index (χ1v) is 6.75. The van der Waals surface area contributed by atoms with Gasteiger partial charge in [0.15, 0.2) is 0 Å². The number of carbonyl (C=O) groups excluding carboxylic acids is 1. The van der Waals surface area contributed by atoms with Crippen molar-refractivity contribution in [3.05, 3.63) is 57.8 Å². The number of nitrogens with one attached hydrogen (secondary N) is 1. The molecule has 1 N–H and O–H groups in total. The molecule has 0 saturated heterocycles. The van der Waals surface area contributed by atoms with Crippen molar-refractivity contribution in [3.63, 3.8) is 0 Å². The molecule has 0 atom stereocenters. The molecular weight excluding hydrogens is 343 g/mol. The second-order valence-electron chi connectivity index (χ2n) is 3.89. The Morgan fingerprint density at radius 1 is 1.35 bits per heavy atom. The maximum atomic E-state index is 13.5. The average Bonchev–Trinajstić information content (AvgIpc) is 2.41. The lowest BCUT2D eigenvalue weighted by Crippen LogP contribution is -2.14. The topological polar surface area (TPSA) is 52.9 Å². The smallest absolute Gasteiger partial charge is 0.256 e. The molecule has 0 aromatic heterocycles. The summed E-state index contributed by atoms with van der Waals surface area (Å²) in [5.41, 5.74) is 0.290. The number of rotatable bonds is 2. The van der Waals surface area contributed by atoms with E-state index in [1.165, 1.54) is 18.2 Å². The maximum Gasteiger partial charge on any atom is 0.256 e. The van der Waals surface area contributed by atoms with E-state index in [0.29, 0.717) is 14.9 Å². The molecule has 0 saturated carbocycles. The fraction of sp³-hybridized carbons (Fsp3) is 0. The lowest BCUT2D eigenvalue weighted by molar-refractivity contribution is 0.102. The standard InChI is InChI=1S/C14H8BrFN2OS/c15-11-5-4-8(20)6-9(11)14(19)18-13-3-1-2-12(16)10(13)7-17/h1-6,20H,(H,18,19). The molecule has 0 fully saturated rings. The summed E-state index contributed by atoms with van der Waals surface area (Å²) in [4.78, 5) is 12.8. The van der Waals surface area contributed by atoms with Crippen molar-refractivity contribution in [1.29, 1.82) is 5.26 Å². The van der Waals surface area contributed by atoms with Gasteiger partial charge in [0.05, 0.1) is 11.3 Å². The molecule has 0 spiro atoms. The lowest BCUT2D eigenvalue weighted by atomic mass is 10.1. The highest BCUT2D eigenvalue weighted by molar-refractivity contribution is 9.10. The predicted octanol–water partition coefficient (Wildman–Crippen LogP) is 4.00. The second kappa shape index (κ2) is 6.07. The molecule has 3 nitrogen and oxygen atoms in total. The number of hydrogen-bond acceptors (Lipinski definition) is 3. The van der Waals surface area contributed by atoms with Crippen molar-refractivity contribution in [2.45, 2.75) is 4.90 Å². The minimum Gasteiger partial charge on any atom is -0.321 e. The summed E-state index contributed by atoms with van der Waals surface area (Å²) in [6.45, 7) is 0. The van der Waals surface area contributed by atoms with Gasteiger partial charge >= 0.3 is 0 Å². The minimum absolute atomic E-state index is 0.133. The van der Waals surface area contributed by atoms with E-state index in [1.807, 2.05) is 0 Å². The van der Waals surface area contributed by atoms with Crippen LogP contribution in [0.4, 0.5) is 10.1 Å². The molecule has 0 heterocycles. The van der Waals surface area contributed by atoms with Crippen LogP contribution < -0.4 is 5.32 Å². The summed E-state index contributed by atoms with van der Waals surface area (Å²) < 4.78 is 14.0. The van der Waals surface area contributed by atoms with Gasteiger partial charge in [0.2, 0.25) is 0 Å². The van der Waals surface area contributed by atoms with Crippen LogP contribution >= 0.6 is 28.6 Å². The van der Waals surface area contributed by atoms with Gasteiger partial charge in [-0.2, -0.15) is 5.26 Å². The number of amides is 1. The van der Waals surface area contributed by atoms with Gasteiger partial charge in [-0.05, 0) is 46.3 Å². The molecule has 6 heteroatoms. The summed E-state index contributed by atoms with van der Waals surface area (Å²) in [6, 6.07) is 10.8. The van der Waals surface area contributed by atoms with Gasteiger partial charge in [0.1, 0.15) is 17.4 Å². The zero-order chi connectivity index (χ0) is 14.7. The van der Waals surface area contributed by atoms with E-state index >= 15 is 0 Å². The van der Waals surface area contributed by atoms with E-state index in [2.05, 4.69) is 33.9 Å². The highest BCUT2D eigenvalue weighted by atomic mass is 79.9. The molecule has 0 unspecified atom stereocenters. The van der Waals surface area contributed by atoms with Gasteiger partial charge in [0.25, 0.3) is 5.91 Å². The van der Waals surface area contributed by atoms with E-state index in [1.54, 1.807) is 24.3 Å². The van der Waals surface area contributed by atoms with Crippen molar-refractivity contribution < 1.29 is 9.18 Å². The van der Waals surface area contributed by atoms with Gasteiger partial charge < -0.3 is 5.32 Å². The number of carbonyl (C=O) groups is 1. The van der Waals surface area contributed by atoms with Gasteiger partial charge in [-0.1, -0.05) is 6.07 Å². The van der Waals surface area contributed by atoms with E-state index in [4.69, 9.17) is 5.26 Å². The number of halogens is 2. The fourth-order valence-corrected chi connectivity index (χ4v) is 2.25. The van der Waals surface area contributed by atoms with Gasteiger partial charge in [-0.25, -0.2) is 4.39 Å². The number of hydrogen-bond donors (Lipinski definition) is 2. The number of benzene rings is 2. The van der Waals surface area contributed by atoms with E-state index in [-0.39, 0.29) is 11.3 Å². The van der Waals surface area contributed by atoms with Crippen LogP contribution in [-0.2, 0) is 0 Å². The molecule has 0 aliphatic heterocycles. The van der Waals surface area contributed by atoms with E-state index in [0.717, 1.165) is 0 Å². The number of nitrogens with zero attached hydrogens (tertiary/aromatic N) is 1. The largest absolute Gasteiger partial charge is 0.321 e. The van der Waals surface area contributed by atoms with Crippen LogP contribution in [0.3, 0.4) is 0 Å². The summed E-state index contributed by atoms with van der Waals surface area (Å²) in [6.07, 6.45) is 0. The highest BCUT2D eigenvalue weighted by Crippen LogP contribution is 2.23. The lowest BCUT2D eigenvalue weighted by Gasteiger charge is -2.09. The monoisotopic (exact) mass is 350 g/mol. The number of anilines is 1. The Morgan fingerprint density at radius 2 is 2.10 bits per heavy atom. The number of thiol groups is 1. The Morgan fingerprint density at radius 3 is 2.80 bits per heavy atom. The van der Waals surface area contributed by atoms with Crippen molar-refractivity contribution in [1.82, 2.24) is 0 Å². The van der Waals surface area contributed by atoms with Gasteiger partial charge in [0, 0.05) is 9.37 Å². The van der Waals surface area contributed by atoms with E-state index < -0.39 is 11.7 Å². The molecule has 0 aliphatic rings. The van der Waals surface area contributed by atoms with Crippen LogP contribution in [0.15, 0.2) is 45.8 Å². The summed E-state index contributed by atoms with van der Waals surface area (Å²) >= 11 is 7.42. The quantitative estimate of drug-likeness (QED) is 0.804. The van der Waals surface area contributed by atoms with E-state index in [9.17, 15) is 9.18 Å². The molecule has 0 radical (unpaired) electrons. The zero-order valence-electron chi connectivity index (χ0n) is 10.0. The minimum atomic E-state index is -0.674. The molecule has 0 bridgehead atoms. The third-order valence-corrected chi connectivity index (χ3v) is 3.54. The van der Waals surface area contributed by atoms with Crippen LogP contribution in [0, 0.1) is 17.1 Å². The van der Waals surface area contributed by atoms with Crippen LogP contribution in [0.1, 0.15) is 15.9 Å². The number of nitriles is 1. The molecule has 2 rings (SSSR count). The van der Waals surface area contributed by atoms with Crippen molar-refractivity contribution in [3.8, 4) is 6.07 Å². The van der Waals surface area contributed by atoms with Gasteiger partial charge in [-0.15, -0.1) is 12.6 Å². The van der Waals surface area contributed by atoms with Crippen molar-refractivity contribution in [2.75, 3.05) is 5.32 Å². The molecule has 20 heavy (non-hydrogen) atoms. The van der Waals surface area contributed by atoms with Crippen LogP contribution in [0.2, 0.25) is 0 Å². The Labute approximate surface area is 129 Å². The summed E-state index contributed by atoms with van der Waals surface area (Å²) in [7, 11) is 0. The second-order valence-corrected chi connectivity index (χ2v) is 5.26. The normalized spacial score (nSPS) is 9.90. The molecule has 2 aromatic rings. The Kier molecular flexibility index (Phi) is 4.42. The van der Waals surface area contributed by atoms with Crippen LogP contribution in [0.5, 0.6) is 0 Å². The predicted molar refractivity (Wildman–Crippen MR) is 80.5 cm³/mol. The Balaban J connectivity index is 2.36. The molecule has 1 amide bonds. The van der Waals surface area contributed by atoms with Gasteiger partial charge in [-0.3, -0.25) is 4.79 Å². The first-order chi connectivity index (χ1) is 9.52. The SMILES string of the molecule is N#Cc1c(F)cccc1NC(=O)c1cc(S)ccc1Br. The molecular formula is C14H8BrFN2OS. The van der Waals surface area contributed by atoms with Crippen molar-refractivity contribution >= 4 is 40.2 Å². The Hall–Kier alpha value is -1.84. The van der Waals surface area contributed by atoms with Crippen LogP contribution in [-0.4, -0.2) is 5.91 Å². The summed E-state index contributed by atoms with van der Waals surface area (Å²) in [5, 5.41) is 11.4. The zero-order valence-corrected chi connectivity index (χ0v) is 12.5.